The summed E-state index contributed by atoms with van der Waals surface area (Å²) in [7, 11) is 4.05. The first-order chi connectivity index (χ1) is 7.65. The lowest BCUT2D eigenvalue weighted by molar-refractivity contribution is 0.851. The van der Waals surface area contributed by atoms with Gasteiger partial charge in [-0.2, -0.15) is 0 Å². The lowest BCUT2D eigenvalue weighted by Gasteiger charge is -2.16. The van der Waals surface area contributed by atoms with Crippen LogP contribution in [-0.4, -0.2) is 30.0 Å². The fourth-order valence-electron chi connectivity index (χ4n) is 1.80. The standard InChI is InChI=1S/C11H15BrN4/c1-15(2)10-5-3-4-8-11(12)14-9(6-7-13)16(8)10/h3-5H,6-7,13H2,1-2H3. The quantitative estimate of drug-likeness (QED) is 0.932. The highest BCUT2D eigenvalue weighted by Crippen LogP contribution is 2.24. The average Bonchev–Trinajstić information content (AvgIpc) is 2.57. The number of fused-ring (bicyclic) bond motifs is 1. The van der Waals surface area contributed by atoms with Crippen molar-refractivity contribution in [2.75, 3.05) is 25.5 Å². The number of imidazole rings is 1. The highest BCUT2D eigenvalue weighted by atomic mass is 79.9. The average molecular weight is 283 g/mol. The molecule has 0 aliphatic carbocycles. The van der Waals surface area contributed by atoms with Crippen molar-refractivity contribution >= 4 is 27.3 Å². The van der Waals surface area contributed by atoms with Crippen LogP contribution in [0.25, 0.3) is 5.52 Å². The van der Waals surface area contributed by atoms with E-state index in [0.29, 0.717) is 6.54 Å². The minimum absolute atomic E-state index is 0.604. The molecule has 0 amide bonds. The lowest BCUT2D eigenvalue weighted by Crippen LogP contribution is -2.15. The van der Waals surface area contributed by atoms with E-state index in [1.165, 1.54) is 0 Å². The molecule has 0 aliphatic heterocycles. The predicted octanol–water partition coefficient (Wildman–Crippen LogP) is 1.66. The number of rotatable bonds is 3. The van der Waals surface area contributed by atoms with Gasteiger partial charge in [-0.1, -0.05) is 6.07 Å². The first-order valence-corrected chi connectivity index (χ1v) is 5.97. The van der Waals surface area contributed by atoms with Crippen molar-refractivity contribution in [3.05, 3.63) is 28.6 Å². The van der Waals surface area contributed by atoms with E-state index in [2.05, 4.69) is 36.3 Å². The third kappa shape index (κ3) is 1.81. The van der Waals surface area contributed by atoms with E-state index in [-0.39, 0.29) is 0 Å². The van der Waals surface area contributed by atoms with Crippen molar-refractivity contribution in [1.29, 1.82) is 0 Å². The smallest absolute Gasteiger partial charge is 0.132 e. The summed E-state index contributed by atoms with van der Waals surface area (Å²) in [4.78, 5) is 6.57. The fourth-order valence-corrected chi connectivity index (χ4v) is 2.31. The van der Waals surface area contributed by atoms with Crippen LogP contribution in [0, 0.1) is 0 Å². The molecule has 0 bridgehead atoms. The molecule has 2 rings (SSSR count). The Balaban J connectivity index is 2.72. The summed E-state index contributed by atoms with van der Waals surface area (Å²) in [5, 5.41) is 0. The first-order valence-electron chi connectivity index (χ1n) is 5.18. The molecule has 0 unspecified atom stereocenters. The van der Waals surface area contributed by atoms with Gasteiger partial charge in [-0.25, -0.2) is 4.98 Å². The van der Waals surface area contributed by atoms with Crippen LogP contribution >= 0.6 is 15.9 Å². The molecule has 0 atom stereocenters. The molecule has 0 fully saturated rings. The second-order valence-corrected chi connectivity index (χ2v) is 4.61. The van der Waals surface area contributed by atoms with E-state index in [0.717, 1.165) is 28.2 Å². The number of halogens is 1. The third-order valence-corrected chi connectivity index (χ3v) is 3.08. The Kier molecular flexibility index (Phi) is 3.16. The number of aromatic nitrogens is 2. The second-order valence-electron chi connectivity index (χ2n) is 3.86. The summed E-state index contributed by atoms with van der Waals surface area (Å²) in [6.07, 6.45) is 0.775. The van der Waals surface area contributed by atoms with Gasteiger partial charge in [0.05, 0.1) is 5.52 Å². The van der Waals surface area contributed by atoms with Crippen molar-refractivity contribution in [3.8, 4) is 0 Å². The number of pyridine rings is 1. The number of nitrogens with two attached hydrogens (primary N) is 1. The SMILES string of the molecule is CN(C)c1cccc2c(Br)nc(CCN)n12. The molecular formula is C11H15BrN4. The Morgan fingerprint density at radius 3 is 2.81 bits per heavy atom. The van der Waals surface area contributed by atoms with Crippen LogP contribution in [0.3, 0.4) is 0 Å². The molecule has 2 aromatic heterocycles. The van der Waals surface area contributed by atoms with Crippen molar-refractivity contribution in [2.45, 2.75) is 6.42 Å². The molecule has 0 aliphatic rings. The molecule has 0 saturated carbocycles. The van der Waals surface area contributed by atoms with Gasteiger partial charge < -0.3 is 10.6 Å². The van der Waals surface area contributed by atoms with Gasteiger partial charge in [-0.05, 0) is 34.6 Å². The van der Waals surface area contributed by atoms with Crippen molar-refractivity contribution in [1.82, 2.24) is 9.38 Å². The van der Waals surface area contributed by atoms with Crippen LogP contribution < -0.4 is 10.6 Å². The van der Waals surface area contributed by atoms with Gasteiger partial charge in [0.1, 0.15) is 16.2 Å². The fraction of sp³-hybridized carbons (Fsp3) is 0.364. The van der Waals surface area contributed by atoms with Gasteiger partial charge in [0.15, 0.2) is 0 Å². The largest absolute Gasteiger partial charge is 0.364 e. The molecule has 0 radical (unpaired) electrons. The van der Waals surface area contributed by atoms with Gasteiger partial charge in [0.25, 0.3) is 0 Å². The van der Waals surface area contributed by atoms with Crippen LogP contribution in [0.2, 0.25) is 0 Å². The summed E-state index contributed by atoms with van der Waals surface area (Å²) < 4.78 is 3.01. The molecular weight excluding hydrogens is 268 g/mol. The van der Waals surface area contributed by atoms with E-state index in [9.17, 15) is 0 Å². The Labute approximate surface area is 103 Å². The molecule has 16 heavy (non-hydrogen) atoms. The van der Waals surface area contributed by atoms with Gasteiger partial charge in [0.2, 0.25) is 0 Å². The first kappa shape index (κ1) is 11.4. The lowest BCUT2D eigenvalue weighted by atomic mass is 10.3. The van der Waals surface area contributed by atoms with E-state index in [4.69, 9.17) is 5.73 Å². The summed E-state index contributed by atoms with van der Waals surface area (Å²) in [6.45, 7) is 0.604. The highest BCUT2D eigenvalue weighted by Gasteiger charge is 2.12. The molecule has 0 spiro atoms. The Morgan fingerprint density at radius 1 is 1.44 bits per heavy atom. The molecule has 5 heteroatoms. The molecule has 86 valence electrons. The molecule has 0 saturated heterocycles. The topological polar surface area (TPSA) is 46.6 Å². The van der Waals surface area contributed by atoms with E-state index in [1.807, 2.05) is 26.2 Å². The Morgan fingerprint density at radius 2 is 2.19 bits per heavy atom. The van der Waals surface area contributed by atoms with Gasteiger partial charge in [0, 0.05) is 20.5 Å². The maximum atomic E-state index is 5.60. The minimum Gasteiger partial charge on any atom is -0.364 e. The Bertz CT molecular complexity index is 504. The number of hydrogen-bond acceptors (Lipinski definition) is 3. The maximum Gasteiger partial charge on any atom is 0.132 e. The predicted molar refractivity (Wildman–Crippen MR) is 70.0 cm³/mol. The minimum atomic E-state index is 0.604. The van der Waals surface area contributed by atoms with Gasteiger partial charge in [-0.15, -0.1) is 0 Å². The normalized spacial score (nSPS) is 11.0. The zero-order chi connectivity index (χ0) is 11.7. The summed E-state index contributed by atoms with van der Waals surface area (Å²) in [5.41, 5.74) is 6.68. The van der Waals surface area contributed by atoms with Crippen LogP contribution in [0.4, 0.5) is 5.82 Å². The van der Waals surface area contributed by atoms with Crippen LogP contribution in [0.1, 0.15) is 5.82 Å². The van der Waals surface area contributed by atoms with E-state index < -0.39 is 0 Å². The third-order valence-electron chi connectivity index (χ3n) is 2.49. The molecule has 2 aromatic rings. The maximum absolute atomic E-state index is 5.60. The molecule has 2 heterocycles. The number of hydrogen-bond donors (Lipinski definition) is 1. The van der Waals surface area contributed by atoms with Crippen molar-refractivity contribution in [3.63, 3.8) is 0 Å². The van der Waals surface area contributed by atoms with Gasteiger partial charge in [-0.3, -0.25) is 4.40 Å². The van der Waals surface area contributed by atoms with Gasteiger partial charge >= 0.3 is 0 Å². The zero-order valence-corrected chi connectivity index (χ0v) is 11.0. The summed E-state index contributed by atoms with van der Waals surface area (Å²) in [5.74, 6) is 2.10. The van der Waals surface area contributed by atoms with Crippen LogP contribution in [0.5, 0.6) is 0 Å². The zero-order valence-electron chi connectivity index (χ0n) is 9.44. The van der Waals surface area contributed by atoms with E-state index in [1.54, 1.807) is 0 Å². The number of anilines is 1. The Hall–Kier alpha value is -1.07. The van der Waals surface area contributed by atoms with Crippen LogP contribution in [0.15, 0.2) is 22.8 Å². The monoisotopic (exact) mass is 282 g/mol. The highest BCUT2D eigenvalue weighted by molar-refractivity contribution is 9.10. The van der Waals surface area contributed by atoms with E-state index >= 15 is 0 Å². The molecule has 4 nitrogen and oxygen atoms in total. The van der Waals surface area contributed by atoms with Crippen LogP contribution in [-0.2, 0) is 6.42 Å². The van der Waals surface area contributed by atoms with Crippen molar-refractivity contribution < 1.29 is 0 Å². The summed E-state index contributed by atoms with van der Waals surface area (Å²) in [6, 6.07) is 6.15. The molecule has 2 N–H and O–H groups in total. The number of nitrogens with zero attached hydrogens (tertiary/aromatic N) is 3. The second kappa shape index (κ2) is 4.43. The molecule has 0 aromatic carbocycles. The summed E-state index contributed by atoms with van der Waals surface area (Å²) >= 11 is 3.48. The van der Waals surface area contributed by atoms with Crippen molar-refractivity contribution in [2.24, 2.45) is 5.73 Å².